The molecule has 0 aliphatic carbocycles. The van der Waals surface area contributed by atoms with Crippen LogP contribution in [0.1, 0.15) is 29.2 Å². The van der Waals surface area contributed by atoms with Crippen LogP contribution in [0.5, 0.6) is 0 Å². The summed E-state index contributed by atoms with van der Waals surface area (Å²) < 4.78 is 22.7. The molecule has 0 unspecified atom stereocenters. The zero-order valence-electron chi connectivity index (χ0n) is 14.9. The van der Waals surface area contributed by atoms with Gasteiger partial charge in [-0.25, -0.2) is 0 Å². The maximum absolute atomic E-state index is 12.7. The lowest BCUT2D eigenvalue weighted by Gasteiger charge is -2.28. The second-order valence-electron chi connectivity index (χ2n) is 7.74. The molecule has 4 heterocycles. The van der Waals surface area contributed by atoms with Gasteiger partial charge < -0.3 is 23.5 Å². The Morgan fingerprint density at radius 2 is 2.16 bits per heavy atom. The molecule has 0 N–H and O–H groups in total. The maximum atomic E-state index is 12.7. The van der Waals surface area contributed by atoms with Crippen LogP contribution in [0, 0.1) is 24.2 Å². The van der Waals surface area contributed by atoms with Gasteiger partial charge in [0.25, 0.3) is 5.91 Å². The van der Waals surface area contributed by atoms with Crippen LogP contribution in [0.3, 0.4) is 0 Å². The standard InChI is InChI=1S/C19H27NO5/c1-14-2-3-17(25-14)18(21)20-8-16-10-24-13-19(16,11-20)12-23-9-15-4-6-22-7-5-15/h2-3,15-16H,4-13H2,1H3/t16-,19-/m1/s1. The average molecular weight is 349 g/mol. The first-order valence-corrected chi connectivity index (χ1v) is 9.25. The van der Waals surface area contributed by atoms with Crippen molar-refractivity contribution < 1.29 is 23.4 Å². The molecule has 3 aliphatic heterocycles. The van der Waals surface area contributed by atoms with Crippen LogP contribution >= 0.6 is 0 Å². The Kier molecular flexibility index (Phi) is 4.84. The van der Waals surface area contributed by atoms with Gasteiger partial charge in [-0.1, -0.05) is 0 Å². The van der Waals surface area contributed by atoms with Crippen molar-refractivity contribution in [2.75, 3.05) is 52.7 Å². The highest BCUT2D eigenvalue weighted by Gasteiger charge is 2.52. The SMILES string of the molecule is Cc1ccc(C(=O)N2C[C@@H]3COC[C@]3(COCC3CCOCC3)C2)o1. The molecule has 25 heavy (non-hydrogen) atoms. The fraction of sp³-hybridized carbons (Fsp3) is 0.737. The lowest BCUT2D eigenvalue weighted by molar-refractivity contribution is -0.0151. The normalized spacial score (nSPS) is 30.0. The van der Waals surface area contributed by atoms with Gasteiger partial charge in [0, 0.05) is 44.2 Å². The third kappa shape index (κ3) is 3.48. The van der Waals surface area contributed by atoms with Crippen molar-refractivity contribution >= 4 is 5.91 Å². The largest absolute Gasteiger partial charge is 0.456 e. The van der Waals surface area contributed by atoms with Crippen LogP contribution < -0.4 is 0 Å². The van der Waals surface area contributed by atoms with Crippen molar-refractivity contribution in [1.29, 1.82) is 0 Å². The van der Waals surface area contributed by atoms with Gasteiger partial charge in [-0.3, -0.25) is 4.79 Å². The van der Waals surface area contributed by atoms with Gasteiger partial charge in [-0.2, -0.15) is 0 Å². The molecular formula is C19H27NO5. The van der Waals surface area contributed by atoms with E-state index in [0.29, 0.717) is 44.0 Å². The van der Waals surface area contributed by atoms with Crippen LogP contribution in [-0.4, -0.2) is 63.5 Å². The molecule has 0 aromatic carbocycles. The number of likely N-dealkylation sites (tertiary alicyclic amines) is 1. The Balaban J connectivity index is 1.36. The summed E-state index contributed by atoms with van der Waals surface area (Å²) in [5, 5.41) is 0. The number of rotatable bonds is 5. The lowest BCUT2D eigenvalue weighted by Crippen LogP contribution is -2.38. The fourth-order valence-electron chi connectivity index (χ4n) is 4.24. The first kappa shape index (κ1) is 17.1. The first-order chi connectivity index (χ1) is 12.2. The predicted molar refractivity (Wildman–Crippen MR) is 90.5 cm³/mol. The van der Waals surface area contributed by atoms with Crippen LogP contribution in [-0.2, 0) is 14.2 Å². The van der Waals surface area contributed by atoms with E-state index in [0.717, 1.165) is 45.0 Å². The number of carbonyl (C=O) groups excluding carboxylic acids is 1. The van der Waals surface area contributed by atoms with Gasteiger partial charge in [0.2, 0.25) is 0 Å². The number of hydrogen-bond acceptors (Lipinski definition) is 5. The third-order valence-corrected chi connectivity index (χ3v) is 5.84. The number of ether oxygens (including phenoxy) is 3. The summed E-state index contributed by atoms with van der Waals surface area (Å²) in [6.07, 6.45) is 2.16. The molecule has 0 bridgehead atoms. The Morgan fingerprint density at radius 3 is 2.92 bits per heavy atom. The summed E-state index contributed by atoms with van der Waals surface area (Å²) in [5.74, 6) is 2.11. The quantitative estimate of drug-likeness (QED) is 0.815. The van der Waals surface area contributed by atoms with Gasteiger partial charge in [-0.15, -0.1) is 0 Å². The fourth-order valence-corrected chi connectivity index (χ4v) is 4.24. The van der Waals surface area contributed by atoms with Crippen molar-refractivity contribution in [2.45, 2.75) is 19.8 Å². The second-order valence-corrected chi connectivity index (χ2v) is 7.74. The number of hydrogen-bond donors (Lipinski definition) is 0. The molecule has 1 aromatic rings. The molecule has 3 fully saturated rings. The van der Waals surface area contributed by atoms with E-state index in [4.69, 9.17) is 18.6 Å². The van der Waals surface area contributed by atoms with E-state index in [1.54, 1.807) is 6.07 Å². The van der Waals surface area contributed by atoms with Crippen molar-refractivity contribution in [1.82, 2.24) is 4.90 Å². The van der Waals surface area contributed by atoms with E-state index in [9.17, 15) is 4.79 Å². The minimum absolute atomic E-state index is 0.0219. The van der Waals surface area contributed by atoms with Crippen molar-refractivity contribution in [3.8, 4) is 0 Å². The van der Waals surface area contributed by atoms with Crippen molar-refractivity contribution in [3.63, 3.8) is 0 Å². The van der Waals surface area contributed by atoms with E-state index in [1.165, 1.54) is 0 Å². The summed E-state index contributed by atoms with van der Waals surface area (Å²) in [5.41, 5.74) is -0.0670. The summed E-state index contributed by atoms with van der Waals surface area (Å²) in [4.78, 5) is 14.6. The molecule has 3 aliphatic rings. The van der Waals surface area contributed by atoms with Gasteiger partial charge in [-0.05, 0) is 37.8 Å². The molecular weight excluding hydrogens is 322 g/mol. The number of aryl methyl sites for hydroxylation is 1. The Labute approximate surface area is 148 Å². The molecule has 0 radical (unpaired) electrons. The molecule has 6 heteroatoms. The second kappa shape index (κ2) is 7.09. The van der Waals surface area contributed by atoms with Gasteiger partial charge in [0.1, 0.15) is 5.76 Å². The van der Waals surface area contributed by atoms with E-state index >= 15 is 0 Å². The summed E-state index contributed by atoms with van der Waals surface area (Å²) in [7, 11) is 0. The summed E-state index contributed by atoms with van der Waals surface area (Å²) in [6, 6.07) is 3.59. The third-order valence-electron chi connectivity index (χ3n) is 5.84. The lowest BCUT2D eigenvalue weighted by atomic mass is 9.82. The topological polar surface area (TPSA) is 61.1 Å². The van der Waals surface area contributed by atoms with Crippen LogP contribution in [0.25, 0.3) is 0 Å². The van der Waals surface area contributed by atoms with Crippen molar-refractivity contribution in [2.24, 2.45) is 17.3 Å². The number of nitrogens with zero attached hydrogens (tertiary/aromatic N) is 1. The molecule has 0 spiro atoms. The zero-order valence-corrected chi connectivity index (χ0v) is 14.9. The minimum atomic E-state index is -0.0670. The van der Waals surface area contributed by atoms with Crippen molar-refractivity contribution in [3.05, 3.63) is 23.7 Å². The highest BCUT2D eigenvalue weighted by atomic mass is 16.5. The molecule has 138 valence electrons. The van der Waals surface area contributed by atoms with Gasteiger partial charge in [0.05, 0.1) is 19.8 Å². The van der Waals surface area contributed by atoms with Crippen LogP contribution in [0.2, 0.25) is 0 Å². The number of carbonyl (C=O) groups is 1. The molecule has 1 amide bonds. The van der Waals surface area contributed by atoms with Crippen LogP contribution in [0.15, 0.2) is 16.5 Å². The maximum Gasteiger partial charge on any atom is 0.289 e. The van der Waals surface area contributed by atoms with Crippen LogP contribution in [0.4, 0.5) is 0 Å². The zero-order chi connectivity index (χ0) is 17.3. The molecule has 6 nitrogen and oxygen atoms in total. The molecule has 1 aromatic heterocycles. The average Bonchev–Trinajstić information content (AvgIpc) is 3.29. The predicted octanol–water partition coefficient (Wildman–Crippen LogP) is 2.12. The Morgan fingerprint density at radius 1 is 1.32 bits per heavy atom. The van der Waals surface area contributed by atoms with E-state index in [2.05, 4.69) is 0 Å². The monoisotopic (exact) mass is 349 g/mol. The smallest absolute Gasteiger partial charge is 0.289 e. The van der Waals surface area contributed by atoms with Gasteiger partial charge in [0.15, 0.2) is 5.76 Å². The number of fused-ring (bicyclic) bond motifs is 1. The minimum Gasteiger partial charge on any atom is -0.456 e. The Hall–Kier alpha value is -1.37. The summed E-state index contributed by atoms with van der Waals surface area (Å²) >= 11 is 0. The molecule has 3 saturated heterocycles. The molecule has 0 saturated carbocycles. The number of amides is 1. The van der Waals surface area contributed by atoms with E-state index in [1.807, 2.05) is 17.9 Å². The highest BCUT2D eigenvalue weighted by molar-refractivity contribution is 5.91. The molecule has 4 rings (SSSR count). The van der Waals surface area contributed by atoms with E-state index < -0.39 is 0 Å². The Bertz CT molecular complexity index is 609. The van der Waals surface area contributed by atoms with Gasteiger partial charge >= 0.3 is 0 Å². The number of furan rings is 1. The summed E-state index contributed by atoms with van der Waals surface area (Å²) in [6.45, 7) is 7.77. The highest BCUT2D eigenvalue weighted by Crippen LogP contribution is 2.42. The molecule has 2 atom stereocenters. The van der Waals surface area contributed by atoms with E-state index in [-0.39, 0.29) is 11.3 Å². The first-order valence-electron chi connectivity index (χ1n) is 9.25.